The second kappa shape index (κ2) is 7.44. The summed E-state index contributed by atoms with van der Waals surface area (Å²) in [6.45, 7) is 0. The number of benzene rings is 3. The van der Waals surface area contributed by atoms with Crippen molar-refractivity contribution in [3.63, 3.8) is 0 Å². The molecule has 1 heterocycles. The highest BCUT2D eigenvalue weighted by Crippen LogP contribution is 2.42. The van der Waals surface area contributed by atoms with Crippen molar-refractivity contribution in [1.29, 1.82) is 0 Å². The molecule has 30 heavy (non-hydrogen) atoms. The highest BCUT2D eigenvalue weighted by Gasteiger charge is 2.60. The summed E-state index contributed by atoms with van der Waals surface area (Å²) in [4.78, 5) is 30.9. The Morgan fingerprint density at radius 3 is 1.97 bits per heavy atom. The van der Waals surface area contributed by atoms with Gasteiger partial charge in [0.15, 0.2) is 6.04 Å². The van der Waals surface area contributed by atoms with E-state index in [0.29, 0.717) is 11.3 Å². The van der Waals surface area contributed by atoms with Crippen LogP contribution in [0.5, 0.6) is 0 Å². The molecular weight excluding hydrogens is 387 g/mol. The number of anilines is 1. The molecule has 0 unspecified atom stereocenters. The van der Waals surface area contributed by atoms with E-state index in [-0.39, 0.29) is 11.4 Å². The zero-order valence-corrected chi connectivity index (χ0v) is 15.6. The van der Waals surface area contributed by atoms with Crippen LogP contribution in [0.4, 0.5) is 10.1 Å². The van der Waals surface area contributed by atoms with Crippen LogP contribution in [0.25, 0.3) is 0 Å². The van der Waals surface area contributed by atoms with Crippen LogP contribution in [0.1, 0.15) is 11.1 Å². The van der Waals surface area contributed by atoms with Crippen LogP contribution in [0.15, 0.2) is 89.9 Å². The van der Waals surface area contributed by atoms with Gasteiger partial charge in [-0.2, -0.15) is 0 Å². The summed E-state index contributed by atoms with van der Waals surface area (Å²) in [6, 6.07) is 20.4. The largest absolute Gasteiger partial charge is 0.480 e. The summed E-state index contributed by atoms with van der Waals surface area (Å²) in [6.07, 6.45) is 0. The molecule has 2 atom stereocenters. The predicted molar refractivity (Wildman–Crippen MR) is 109 cm³/mol. The average molecular weight is 404 g/mol. The maximum absolute atomic E-state index is 13.5. The number of carboxylic acids is 2. The van der Waals surface area contributed by atoms with Crippen LogP contribution < -0.4 is 4.90 Å². The van der Waals surface area contributed by atoms with Crippen LogP contribution in [0.3, 0.4) is 0 Å². The Kier molecular flexibility index (Phi) is 4.79. The van der Waals surface area contributed by atoms with E-state index in [9.17, 15) is 24.2 Å². The fraction of sp³-hybridized carbons (Fsp3) is 0.0870. The van der Waals surface area contributed by atoms with Gasteiger partial charge in [0.1, 0.15) is 11.7 Å². The van der Waals surface area contributed by atoms with Gasteiger partial charge in [-0.1, -0.05) is 60.7 Å². The van der Waals surface area contributed by atoms with Crippen molar-refractivity contribution in [2.45, 2.75) is 11.6 Å². The SMILES string of the molecule is O=C(O)[C@H]1N(c2ccc(F)cc2)C(c2ccccc2)=N[C@@]1(C(=O)O)c1ccccc1. The number of halogens is 1. The summed E-state index contributed by atoms with van der Waals surface area (Å²) in [5, 5.41) is 20.4. The first-order valence-electron chi connectivity index (χ1n) is 9.17. The second-order valence-corrected chi connectivity index (χ2v) is 6.83. The molecule has 2 N–H and O–H groups in total. The van der Waals surface area contributed by atoms with Crippen molar-refractivity contribution < 1.29 is 24.2 Å². The van der Waals surface area contributed by atoms with Gasteiger partial charge in [-0.3, -0.25) is 0 Å². The topological polar surface area (TPSA) is 90.2 Å². The third-order valence-corrected chi connectivity index (χ3v) is 5.08. The molecule has 1 aliphatic heterocycles. The lowest BCUT2D eigenvalue weighted by Crippen LogP contribution is -2.54. The molecule has 0 bridgehead atoms. The Morgan fingerprint density at radius 2 is 1.43 bits per heavy atom. The quantitative estimate of drug-likeness (QED) is 0.679. The summed E-state index contributed by atoms with van der Waals surface area (Å²) in [5.41, 5.74) is -0.979. The van der Waals surface area contributed by atoms with Crippen LogP contribution in [-0.4, -0.2) is 34.0 Å². The highest BCUT2D eigenvalue weighted by molar-refractivity contribution is 6.18. The van der Waals surface area contributed by atoms with Gasteiger partial charge in [0.2, 0.25) is 5.54 Å². The molecule has 7 heteroatoms. The Balaban J connectivity index is 2.03. The van der Waals surface area contributed by atoms with Crippen molar-refractivity contribution in [3.8, 4) is 0 Å². The standard InChI is InChI=1S/C23H17FN2O4/c24-17-11-13-18(14-12-17)26-19(21(27)28)23(22(29)30,16-9-5-2-6-10-16)25-20(26)15-7-3-1-4-8-15/h1-14,19H,(H,27,28)(H,29,30)/t19-,23+/m1/s1. The van der Waals surface area contributed by atoms with Gasteiger partial charge < -0.3 is 15.1 Å². The molecule has 0 aromatic heterocycles. The molecule has 0 fully saturated rings. The summed E-state index contributed by atoms with van der Waals surface area (Å²) in [7, 11) is 0. The first kappa shape index (κ1) is 19.3. The maximum Gasteiger partial charge on any atom is 0.339 e. The number of carboxylic acid groups (broad SMARTS) is 2. The van der Waals surface area contributed by atoms with Gasteiger partial charge >= 0.3 is 11.9 Å². The molecule has 0 saturated carbocycles. The van der Waals surface area contributed by atoms with Crippen LogP contribution in [0.2, 0.25) is 0 Å². The number of aliphatic imine (C=N–C) groups is 1. The van der Waals surface area contributed by atoms with E-state index in [1.54, 1.807) is 60.7 Å². The lowest BCUT2D eigenvalue weighted by molar-refractivity contribution is -0.151. The minimum Gasteiger partial charge on any atom is -0.480 e. The van der Waals surface area contributed by atoms with E-state index in [4.69, 9.17) is 0 Å². The Labute approximate surface area is 171 Å². The molecule has 150 valence electrons. The van der Waals surface area contributed by atoms with Gasteiger partial charge in [0.05, 0.1) is 0 Å². The summed E-state index contributed by atoms with van der Waals surface area (Å²) in [5.74, 6) is -3.06. The molecular formula is C23H17FN2O4. The second-order valence-electron chi connectivity index (χ2n) is 6.83. The molecule has 0 spiro atoms. The number of hydrogen-bond acceptors (Lipinski definition) is 4. The molecule has 3 aromatic rings. The molecule has 0 amide bonds. The van der Waals surface area contributed by atoms with Crippen molar-refractivity contribution >= 4 is 23.5 Å². The lowest BCUT2D eigenvalue weighted by atomic mass is 9.83. The molecule has 3 aromatic carbocycles. The van der Waals surface area contributed by atoms with Gasteiger partial charge in [0.25, 0.3) is 0 Å². The lowest BCUT2D eigenvalue weighted by Gasteiger charge is -2.32. The fourth-order valence-corrected chi connectivity index (χ4v) is 3.75. The maximum atomic E-state index is 13.5. The number of rotatable bonds is 5. The van der Waals surface area contributed by atoms with Crippen LogP contribution >= 0.6 is 0 Å². The minimum absolute atomic E-state index is 0.181. The monoisotopic (exact) mass is 404 g/mol. The molecule has 6 nitrogen and oxygen atoms in total. The Morgan fingerprint density at radius 1 is 0.867 bits per heavy atom. The molecule has 0 radical (unpaired) electrons. The summed E-state index contributed by atoms with van der Waals surface area (Å²) >= 11 is 0. The van der Waals surface area contributed by atoms with E-state index < -0.39 is 29.3 Å². The van der Waals surface area contributed by atoms with Gasteiger partial charge in [-0.05, 0) is 29.8 Å². The number of nitrogens with zero attached hydrogens (tertiary/aromatic N) is 2. The zero-order valence-electron chi connectivity index (χ0n) is 15.6. The van der Waals surface area contributed by atoms with Crippen molar-refractivity contribution in [1.82, 2.24) is 0 Å². The van der Waals surface area contributed by atoms with Crippen molar-refractivity contribution in [3.05, 3.63) is 102 Å². The average Bonchev–Trinajstić information content (AvgIpc) is 3.13. The van der Waals surface area contributed by atoms with Gasteiger partial charge in [-0.15, -0.1) is 0 Å². The van der Waals surface area contributed by atoms with E-state index >= 15 is 0 Å². The van der Waals surface area contributed by atoms with Gasteiger partial charge in [-0.25, -0.2) is 19.0 Å². The smallest absolute Gasteiger partial charge is 0.339 e. The third kappa shape index (κ3) is 3.00. The fourth-order valence-electron chi connectivity index (χ4n) is 3.75. The normalized spacial score (nSPS) is 20.6. The first-order valence-corrected chi connectivity index (χ1v) is 9.17. The van der Waals surface area contributed by atoms with Crippen LogP contribution in [-0.2, 0) is 15.1 Å². The number of carbonyl (C=O) groups is 2. The first-order chi connectivity index (χ1) is 14.4. The molecule has 4 rings (SSSR count). The highest BCUT2D eigenvalue weighted by atomic mass is 19.1. The number of aliphatic carboxylic acids is 2. The van der Waals surface area contributed by atoms with Gasteiger partial charge in [0, 0.05) is 11.3 Å². The number of amidine groups is 1. The van der Waals surface area contributed by atoms with Crippen molar-refractivity contribution in [2.75, 3.05) is 4.90 Å². The van der Waals surface area contributed by atoms with Crippen LogP contribution in [0, 0.1) is 5.82 Å². The third-order valence-electron chi connectivity index (χ3n) is 5.08. The van der Waals surface area contributed by atoms with E-state index in [1.165, 1.54) is 29.2 Å². The molecule has 0 aliphatic carbocycles. The van der Waals surface area contributed by atoms with E-state index in [1.807, 2.05) is 0 Å². The van der Waals surface area contributed by atoms with E-state index in [2.05, 4.69) is 4.99 Å². The Bertz CT molecular complexity index is 1120. The number of hydrogen-bond donors (Lipinski definition) is 2. The molecule has 0 saturated heterocycles. The van der Waals surface area contributed by atoms with Crippen molar-refractivity contribution in [2.24, 2.45) is 4.99 Å². The Hall–Kier alpha value is -4.00. The summed E-state index contributed by atoms with van der Waals surface area (Å²) < 4.78 is 13.5. The predicted octanol–water partition coefficient (Wildman–Crippen LogP) is 3.53. The molecule has 1 aliphatic rings. The minimum atomic E-state index is -2.09. The van der Waals surface area contributed by atoms with E-state index in [0.717, 1.165) is 0 Å². The zero-order chi connectivity index (χ0) is 21.3.